The van der Waals surface area contributed by atoms with Crippen LogP contribution in [-0.2, 0) is 7.05 Å². The molecule has 5 heteroatoms. The molecule has 1 atom stereocenters. The quantitative estimate of drug-likeness (QED) is 0.842. The van der Waals surface area contributed by atoms with E-state index in [1.165, 1.54) is 4.57 Å². The number of aryl methyl sites for hydroxylation is 1. The molecule has 0 bridgehead atoms. The third kappa shape index (κ3) is 1.51. The molecular weight excluding hydrogens is 230 g/mol. The Morgan fingerprint density at radius 1 is 1.50 bits per heavy atom. The minimum absolute atomic E-state index is 0.0519. The highest BCUT2D eigenvalue weighted by atomic mass is 16.4. The molecule has 3 rings (SSSR count). The van der Waals surface area contributed by atoms with Crippen LogP contribution in [0.25, 0.3) is 11.1 Å². The molecule has 1 aliphatic carbocycles. The number of fused-ring (bicyclic) bond motifs is 1. The molecule has 0 aliphatic heterocycles. The maximum atomic E-state index is 11.4. The third-order valence-corrected chi connectivity index (χ3v) is 4.13. The number of hydrogen-bond donors (Lipinski definition) is 2. The van der Waals surface area contributed by atoms with E-state index in [0.717, 1.165) is 23.9 Å². The van der Waals surface area contributed by atoms with Gasteiger partial charge in [0.1, 0.15) is 0 Å². The molecule has 1 heterocycles. The number of benzene rings is 1. The van der Waals surface area contributed by atoms with Crippen molar-refractivity contribution in [3.05, 3.63) is 34.3 Å². The molecule has 0 radical (unpaired) electrons. The van der Waals surface area contributed by atoms with E-state index in [-0.39, 0.29) is 17.2 Å². The summed E-state index contributed by atoms with van der Waals surface area (Å²) in [5, 5.41) is 0. The Hall–Kier alpha value is -1.59. The summed E-state index contributed by atoms with van der Waals surface area (Å²) in [4.78, 5) is 11.4. The molecule has 18 heavy (non-hydrogen) atoms. The molecule has 1 aliphatic rings. The van der Waals surface area contributed by atoms with E-state index in [4.69, 9.17) is 15.9 Å². The summed E-state index contributed by atoms with van der Waals surface area (Å²) in [6.07, 6.45) is 2.15. The highest BCUT2D eigenvalue weighted by Gasteiger charge is 2.47. The first-order valence-electron chi connectivity index (χ1n) is 6.12. The SMILES string of the molecule is Cn1c(=O)oc2ccc(C(N)C3(CN)CC3)cc21. The molecule has 1 aromatic heterocycles. The summed E-state index contributed by atoms with van der Waals surface area (Å²) >= 11 is 0. The zero-order valence-electron chi connectivity index (χ0n) is 10.3. The third-order valence-electron chi connectivity index (χ3n) is 4.13. The van der Waals surface area contributed by atoms with Crippen LogP contribution in [0.4, 0.5) is 0 Å². The Balaban J connectivity index is 2.08. The molecule has 0 spiro atoms. The van der Waals surface area contributed by atoms with Crippen LogP contribution in [0.3, 0.4) is 0 Å². The predicted molar refractivity (Wildman–Crippen MR) is 69.1 cm³/mol. The van der Waals surface area contributed by atoms with Crippen molar-refractivity contribution in [2.24, 2.45) is 23.9 Å². The van der Waals surface area contributed by atoms with Crippen molar-refractivity contribution < 1.29 is 4.42 Å². The van der Waals surface area contributed by atoms with E-state index in [1.54, 1.807) is 13.1 Å². The number of rotatable bonds is 3. The molecule has 0 amide bonds. The van der Waals surface area contributed by atoms with Gasteiger partial charge in [-0.1, -0.05) is 6.07 Å². The van der Waals surface area contributed by atoms with Crippen molar-refractivity contribution in [3.8, 4) is 0 Å². The van der Waals surface area contributed by atoms with E-state index < -0.39 is 0 Å². The lowest BCUT2D eigenvalue weighted by Crippen LogP contribution is -2.29. The normalized spacial score (nSPS) is 19.1. The smallest absolute Gasteiger partial charge is 0.408 e. The number of oxazole rings is 1. The fourth-order valence-corrected chi connectivity index (χ4v) is 2.49. The van der Waals surface area contributed by atoms with Crippen LogP contribution in [-0.4, -0.2) is 11.1 Å². The van der Waals surface area contributed by atoms with Crippen LogP contribution in [0.1, 0.15) is 24.4 Å². The minimum Gasteiger partial charge on any atom is -0.408 e. The van der Waals surface area contributed by atoms with Crippen LogP contribution in [0.15, 0.2) is 27.4 Å². The van der Waals surface area contributed by atoms with Crippen LogP contribution < -0.4 is 17.2 Å². The Morgan fingerprint density at radius 2 is 2.22 bits per heavy atom. The average molecular weight is 247 g/mol. The van der Waals surface area contributed by atoms with Gasteiger partial charge in [0.25, 0.3) is 0 Å². The summed E-state index contributed by atoms with van der Waals surface area (Å²) in [6, 6.07) is 5.59. The molecule has 5 nitrogen and oxygen atoms in total. The first-order valence-corrected chi connectivity index (χ1v) is 6.12. The summed E-state index contributed by atoms with van der Waals surface area (Å²) in [5.41, 5.74) is 14.5. The molecule has 2 aromatic rings. The summed E-state index contributed by atoms with van der Waals surface area (Å²) in [6.45, 7) is 0.608. The number of aromatic nitrogens is 1. The van der Waals surface area contributed by atoms with Gasteiger partial charge in [-0.2, -0.15) is 0 Å². The van der Waals surface area contributed by atoms with E-state index >= 15 is 0 Å². The van der Waals surface area contributed by atoms with Crippen LogP contribution in [0.5, 0.6) is 0 Å². The Kier molecular flexibility index (Phi) is 2.36. The van der Waals surface area contributed by atoms with Gasteiger partial charge < -0.3 is 15.9 Å². The molecule has 1 fully saturated rings. The van der Waals surface area contributed by atoms with Gasteiger partial charge in [0, 0.05) is 18.5 Å². The van der Waals surface area contributed by atoms with E-state index in [2.05, 4.69) is 0 Å². The van der Waals surface area contributed by atoms with Gasteiger partial charge in [0.2, 0.25) is 0 Å². The van der Waals surface area contributed by atoms with Crippen molar-refractivity contribution >= 4 is 11.1 Å². The van der Waals surface area contributed by atoms with Crippen molar-refractivity contribution in [2.75, 3.05) is 6.54 Å². The Labute approximate surface area is 104 Å². The second kappa shape index (κ2) is 3.70. The highest BCUT2D eigenvalue weighted by Crippen LogP contribution is 2.53. The lowest BCUT2D eigenvalue weighted by molar-refractivity contribution is 0.419. The molecule has 4 N–H and O–H groups in total. The van der Waals surface area contributed by atoms with E-state index in [1.807, 2.05) is 12.1 Å². The Bertz CT molecular complexity index is 652. The second-order valence-corrected chi connectivity index (χ2v) is 5.20. The molecular formula is C13H17N3O2. The predicted octanol–water partition coefficient (Wildman–Crippen LogP) is 0.870. The van der Waals surface area contributed by atoms with Crippen molar-refractivity contribution in [1.29, 1.82) is 0 Å². The fraction of sp³-hybridized carbons (Fsp3) is 0.462. The summed E-state index contributed by atoms with van der Waals surface area (Å²) in [7, 11) is 1.69. The first-order chi connectivity index (χ1) is 8.57. The van der Waals surface area contributed by atoms with Crippen molar-refractivity contribution in [1.82, 2.24) is 4.57 Å². The first kappa shape index (κ1) is 11.5. The van der Waals surface area contributed by atoms with Gasteiger partial charge in [-0.25, -0.2) is 4.79 Å². The zero-order chi connectivity index (χ0) is 12.9. The lowest BCUT2D eigenvalue weighted by atomic mass is 9.91. The maximum Gasteiger partial charge on any atom is 0.419 e. The monoisotopic (exact) mass is 247 g/mol. The fourth-order valence-electron chi connectivity index (χ4n) is 2.49. The molecule has 1 saturated carbocycles. The van der Waals surface area contributed by atoms with Crippen LogP contribution in [0, 0.1) is 5.41 Å². The molecule has 1 aromatic carbocycles. The van der Waals surface area contributed by atoms with E-state index in [9.17, 15) is 4.79 Å². The van der Waals surface area contributed by atoms with Crippen LogP contribution >= 0.6 is 0 Å². The largest absolute Gasteiger partial charge is 0.419 e. The van der Waals surface area contributed by atoms with Gasteiger partial charge in [-0.05, 0) is 37.1 Å². The van der Waals surface area contributed by atoms with Crippen LogP contribution in [0.2, 0.25) is 0 Å². The lowest BCUT2D eigenvalue weighted by Gasteiger charge is -2.21. The highest BCUT2D eigenvalue weighted by molar-refractivity contribution is 5.73. The zero-order valence-corrected chi connectivity index (χ0v) is 10.3. The second-order valence-electron chi connectivity index (χ2n) is 5.20. The summed E-state index contributed by atoms with van der Waals surface area (Å²) in [5.74, 6) is -0.351. The maximum absolute atomic E-state index is 11.4. The topological polar surface area (TPSA) is 87.2 Å². The molecule has 1 unspecified atom stereocenters. The van der Waals surface area contributed by atoms with Crippen molar-refractivity contribution in [2.45, 2.75) is 18.9 Å². The Morgan fingerprint density at radius 3 is 2.83 bits per heavy atom. The molecule has 0 saturated heterocycles. The minimum atomic E-state index is -0.351. The average Bonchev–Trinajstić information content (AvgIpc) is 3.13. The van der Waals surface area contributed by atoms with Crippen molar-refractivity contribution in [3.63, 3.8) is 0 Å². The molecule has 96 valence electrons. The standard InChI is InChI=1S/C13H17N3O2/c1-16-9-6-8(2-3-10(9)18-12(16)17)11(15)13(7-14)4-5-13/h2-3,6,11H,4-5,7,14-15H2,1H3. The van der Waals surface area contributed by atoms with Gasteiger partial charge in [0.05, 0.1) is 5.52 Å². The number of nitrogens with zero attached hydrogens (tertiary/aromatic N) is 1. The van der Waals surface area contributed by atoms with Gasteiger partial charge >= 0.3 is 5.76 Å². The number of nitrogens with two attached hydrogens (primary N) is 2. The van der Waals surface area contributed by atoms with Gasteiger partial charge in [0.15, 0.2) is 5.58 Å². The number of hydrogen-bond acceptors (Lipinski definition) is 4. The van der Waals surface area contributed by atoms with Gasteiger partial charge in [-0.3, -0.25) is 4.57 Å². The summed E-state index contributed by atoms with van der Waals surface area (Å²) < 4.78 is 6.60. The van der Waals surface area contributed by atoms with Gasteiger partial charge in [-0.15, -0.1) is 0 Å². The van der Waals surface area contributed by atoms with E-state index in [0.29, 0.717) is 12.1 Å².